The van der Waals surface area contributed by atoms with E-state index in [4.69, 9.17) is 20.5 Å². The lowest BCUT2D eigenvalue weighted by Gasteiger charge is -2.45. The number of aliphatic hydroxyl groups is 4. The number of aliphatic hydroxyl groups excluding tert-OH is 3. The number of azide groups is 1. The van der Waals surface area contributed by atoms with Crippen molar-refractivity contribution in [3.8, 4) is 0 Å². The van der Waals surface area contributed by atoms with Crippen molar-refractivity contribution in [2.24, 2.45) is 5.11 Å². The number of hydrogen-bond acceptors (Lipinski definition) is 8. The zero-order valence-electron chi connectivity index (χ0n) is 12.1. The minimum absolute atomic E-state index is 0.610. The van der Waals surface area contributed by atoms with Gasteiger partial charge in [0.05, 0.1) is 37.0 Å². The molecule has 0 saturated carbocycles. The predicted octanol–water partition coefficient (Wildman–Crippen LogP) is -2.55. The molecule has 1 fully saturated rings. The van der Waals surface area contributed by atoms with Crippen LogP contribution in [0.1, 0.15) is 13.3 Å². The van der Waals surface area contributed by atoms with Gasteiger partial charge in [0, 0.05) is 18.3 Å². The third kappa shape index (κ3) is 4.28. The van der Waals surface area contributed by atoms with Gasteiger partial charge in [0.25, 0.3) is 5.79 Å². The van der Waals surface area contributed by atoms with E-state index < -0.39 is 61.1 Å². The first-order chi connectivity index (χ1) is 10.7. The molecule has 0 aliphatic carbocycles. The Kier molecular flexibility index (Phi) is 6.27. The summed E-state index contributed by atoms with van der Waals surface area (Å²) < 4.78 is 5.00. The van der Waals surface area contributed by atoms with Gasteiger partial charge in [-0.05, 0) is 5.53 Å². The number of carbonyl (C=O) groups excluding carboxylic acids is 1. The van der Waals surface area contributed by atoms with E-state index in [1.165, 1.54) is 0 Å². The van der Waals surface area contributed by atoms with Gasteiger partial charge in [0.2, 0.25) is 5.91 Å². The zero-order valence-corrected chi connectivity index (χ0v) is 12.1. The number of aliphatic carboxylic acids is 1. The molecule has 0 bridgehead atoms. The lowest BCUT2D eigenvalue weighted by Crippen LogP contribution is -2.66. The molecular weight excluding hydrogens is 316 g/mol. The third-order valence-electron chi connectivity index (χ3n) is 3.39. The van der Waals surface area contributed by atoms with Crippen LogP contribution in [0.25, 0.3) is 10.4 Å². The van der Waals surface area contributed by atoms with Crippen LogP contribution in [0.2, 0.25) is 0 Å². The van der Waals surface area contributed by atoms with Crippen molar-refractivity contribution in [2.45, 2.75) is 49.5 Å². The van der Waals surface area contributed by atoms with Crippen LogP contribution in [0, 0.1) is 0 Å². The van der Waals surface area contributed by atoms with Crippen LogP contribution in [-0.4, -0.2) is 80.2 Å². The van der Waals surface area contributed by atoms with E-state index in [0.29, 0.717) is 0 Å². The largest absolute Gasteiger partial charge is 0.477 e. The molecular formula is C11H18N4O8. The monoisotopic (exact) mass is 334 g/mol. The molecule has 6 atom stereocenters. The molecule has 12 nitrogen and oxygen atoms in total. The summed E-state index contributed by atoms with van der Waals surface area (Å²) in [5.74, 6) is -5.22. The lowest BCUT2D eigenvalue weighted by atomic mass is 9.87. The van der Waals surface area contributed by atoms with Gasteiger partial charge in [-0.1, -0.05) is 5.11 Å². The van der Waals surface area contributed by atoms with E-state index in [2.05, 4.69) is 15.3 Å². The maximum absolute atomic E-state index is 11.2. The Balaban J connectivity index is 3.26. The van der Waals surface area contributed by atoms with Crippen molar-refractivity contribution < 1.29 is 39.9 Å². The quantitative estimate of drug-likeness (QED) is 0.173. The average molecular weight is 334 g/mol. The van der Waals surface area contributed by atoms with Crippen LogP contribution in [0.5, 0.6) is 0 Å². The molecule has 0 aromatic rings. The third-order valence-corrected chi connectivity index (χ3v) is 3.39. The highest BCUT2D eigenvalue weighted by Crippen LogP contribution is 2.31. The number of hydrogen-bond donors (Lipinski definition) is 6. The second-order valence-electron chi connectivity index (χ2n) is 5.12. The zero-order chi connectivity index (χ0) is 17.8. The van der Waals surface area contributed by atoms with Gasteiger partial charge in [0.15, 0.2) is 0 Å². The smallest absolute Gasteiger partial charge is 0.364 e. The molecule has 0 unspecified atom stereocenters. The molecule has 6 N–H and O–H groups in total. The minimum atomic E-state index is -2.81. The maximum atomic E-state index is 11.2. The molecule has 0 radical (unpaired) electrons. The van der Waals surface area contributed by atoms with E-state index in [1.54, 1.807) is 0 Å². The summed E-state index contributed by atoms with van der Waals surface area (Å²) in [4.78, 5) is 24.8. The standard InChI is InChI=1S/C11H18N4O8/c1-4(17)13-7-5(18)2-11(22,10(20)21)23-9(7)8(14-15-12)6(19)3-16/h5-9,16,18-19,22H,2-3H2,1H3,(H,13,17)(H,20,21)/t5-,6+,7+,8+,9+,11-/m0/s1. The van der Waals surface area contributed by atoms with Crippen LogP contribution in [0.4, 0.5) is 0 Å². The first-order valence-electron chi connectivity index (χ1n) is 6.58. The Labute approximate surface area is 129 Å². The number of carboxylic acids is 1. The highest BCUT2D eigenvalue weighted by atomic mass is 16.7. The first-order valence-corrected chi connectivity index (χ1v) is 6.58. The summed E-state index contributed by atoms with van der Waals surface area (Å²) in [6.07, 6.45) is -5.60. The second-order valence-corrected chi connectivity index (χ2v) is 5.12. The van der Waals surface area contributed by atoms with E-state index in [9.17, 15) is 24.9 Å². The molecule has 1 amide bonds. The fourth-order valence-corrected chi connectivity index (χ4v) is 2.34. The number of nitrogens with zero attached hydrogens (tertiary/aromatic N) is 3. The summed E-state index contributed by atoms with van der Waals surface area (Å²) in [7, 11) is 0. The van der Waals surface area contributed by atoms with E-state index in [1.807, 2.05) is 0 Å². The Morgan fingerprint density at radius 1 is 1.57 bits per heavy atom. The van der Waals surface area contributed by atoms with Gasteiger partial charge in [-0.25, -0.2) is 4.79 Å². The van der Waals surface area contributed by atoms with Gasteiger partial charge in [-0.3, -0.25) is 4.79 Å². The fourth-order valence-electron chi connectivity index (χ4n) is 2.34. The molecule has 0 aromatic heterocycles. The number of carboxylic acid groups (broad SMARTS) is 1. The number of nitrogens with one attached hydrogen (secondary N) is 1. The molecule has 130 valence electrons. The maximum Gasteiger partial charge on any atom is 0.364 e. The topological polar surface area (TPSA) is 205 Å². The second kappa shape index (κ2) is 7.55. The van der Waals surface area contributed by atoms with Crippen molar-refractivity contribution in [1.82, 2.24) is 5.32 Å². The highest BCUT2D eigenvalue weighted by molar-refractivity contribution is 5.76. The summed E-state index contributed by atoms with van der Waals surface area (Å²) in [6, 6.07) is -2.84. The van der Waals surface area contributed by atoms with Crippen molar-refractivity contribution in [3.05, 3.63) is 10.4 Å². The predicted molar refractivity (Wildman–Crippen MR) is 71.7 cm³/mol. The molecule has 1 heterocycles. The van der Waals surface area contributed by atoms with Gasteiger partial charge >= 0.3 is 5.97 Å². The highest BCUT2D eigenvalue weighted by Gasteiger charge is 2.53. The molecule has 1 rings (SSSR count). The first kappa shape index (κ1) is 19.1. The fraction of sp³-hybridized carbons (Fsp3) is 0.818. The molecule has 1 aliphatic rings. The Morgan fingerprint density at radius 2 is 2.17 bits per heavy atom. The summed E-state index contributed by atoms with van der Waals surface area (Å²) in [5, 5.41) is 53.3. The van der Waals surface area contributed by atoms with Crippen LogP contribution in [0.3, 0.4) is 0 Å². The summed E-state index contributed by atoms with van der Waals surface area (Å²) in [6.45, 7) is 0.255. The van der Waals surface area contributed by atoms with Crippen molar-refractivity contribution in [2.75, 3.05) is 6.61 Å². The number of carbonyl (C=O) groups is 2. The van der Waals surface area contributed by atoms with E-state index in [0.717, 1.165) is 6.92 Å². The normalized spacial score (nSPS) is 33.2. The molecule has 0 spiro atoms. The van der Waals surface area contributed by atoms with Crippen LogP contribution < -0.4 is 5.32 Å². The van der Waals surface area contributed by atoms with E-state index >= 15 is 0 Å². The average Bonchev–Trinajstić information content (AvgIpc) is 2.46. The van der Waals surface area contributed by atoms with Crippen molar-refractivity contribution in [1.29, 1.82) is 0 Å². The van der Waals surface area contributed by atoms with Gasteiger partial charge in [0.1, 0.15) is 0 Å². The Bertz CT molecular complexity index is 510. The number of rotatable bonds is 6. The summed E-state index contributed by atoms with van der Waals surface area (Å²) >= 11 is 0. The lowest BCUT2D eigenvalue weighted by molar-refractivity contribution is -0.282. The minimum Gasteiger partial charge on any atom is -0.477 e. The SMILES string of the molecule is CC(=O)N[C@H]1[C@H]([C@H](N=[N+]=[N-])[C@H](O)CO)O[C@](O)(C(=O)O)C[C@@H]1O. The Hall–Kier alpha value is -1.95. The van der Waals surface area contributed by atoms with Crippen LogP contribution in [-0.2, 0) is 14.3 Å². The molecule has 23 heavy (non-hydrogen) atoms. The molecule has 1 saturated heterocycles. The van der Waals surface area contributed by atoms with Gasteiger partial charge in [-0.15, -0.1) is 0 Å². The van der Waals surface area contributed by atoms with Crippen LogP contribution >= 0.6 is 0 Å². The van der Waals surface area contributed by atoms with Crippen molar-refractivity contribution >= 4 is 11.9 Å². The van der Waals surface area contributed by atoms with Crippen molar-refractivity contribution in [3.63, 3.8) is 0 Å². The number of ether oxygens (including phenoxy) is 1. The van der Waals surface area contributed by atoms with Crippen LogP contribution in [0.15, 0.2) is 5.11 Å². The molecule has 0 aromatic carbocycles. The number of amides is 1. The van der Waals surface area contributed by atoms with Gasteiger partial charge < -0.3 is 35.6 Å². The van der Waals surface area contributed by atoms with Gasteiger partial charge in [-0.2, -0.15) is 0 Å². The molecule has 12 heteroatoms. The Morgan fingerprint density at radius 3 is 2.61 bits per heavy atom. The molecule has 1 aliphatic heterocycles. The van der Waals surface area contributed by atoms with E-state index in [-0.39, 0.29) is 0 Å². The summed E-state index contributed by atoms with van der Waals surface area (Å²) in [5.41, 5.74) is 8.57.